The summed E-state index contributed by atoms with van der Waals surface area (Å²) in [7, 11) is 0. The van der Waals surface area contributed by atoms with Crippen molar-refractivity contribution in [2.75, 3.05) is 12.3 Å². The molecule has 1 unspecified atom stereocenters. The van der Waals surface area contributed by atoms with E-state index in [9.17, 15) is 0 Å². The van der Waals surface area contributed by atoms with Gasteiger partial charge in [0.05, 0.1) is 0 Å². The lowest BCUT2D eigenvalue weighted by molar-refractivity contribution is 0.544. The molecule has 1 nitrogen and oxygen atoms in total. The Labute approximate surface area is 96.7 Å². The predicted octanol–water partition coefficient (Wildman–Crippen LogP) is 3.26. The largest absolute Gasteiger partial charge is 0.315 e. The summed E-state index contributed by atoms with van der Waals surface area (Å²) in [4.78, 5) is 1.49. The highest BCUT2D eigenvalue weighted by atomic mass is 32.2. The highest BCUT2D eigenvalue weighted by Crippen LogP contribution is 2.40. The van der Waals surface area contributed by atoms with Gasteiger partial charge in [-0.2, -0.15) is 0 Å². The third kappa shape index (κ3) is 2.76. The lowest BCUT2D eigenvalue weighted by Crippen LogP contribution is -2.24. The van der Waals surface area contributed by atoms with Gasteiger partial charge in [0.25, 0.3) is 0 Å². The predicted molar refractivity (Wildman–Crippen MR) is 67.7 cm³/mol. The molecule has 0 spiro atoms. The molecule has 1 heterocycles. The number of fused-ring (bicyclic) bond motifs is 1. The molecule has 0 aliphatic carbocycles. The fourth-order valence-corrected chi connectivity index (χ4v) is 3.32. The monoisotopic (exact) mass is 221 g/mol. The molecule has 15 heavy (non-hydrogen) atoms. The Hall–Kier alpha value is -0.470. The van der Waals surface area contributed by atoms with Gasteiger partial charge < -0.3 is 5.32 Å². The molecule has 1 aromatic carbocycles. The van der Waals surface area contributed by atoms with Crippen LogP contribution in [0.25, 0.3) is 0 Å². The number of hydrogen-bond acceptors (Lipinski definition) is 2. The normalized spacial score (nSPS) is 19.5. The van der Waals surface area contributed by atoms with Gasteiger partial charge >= 0.3 is 0 Å². The summed E-state index contributed by atoms with van der Waals surface area (Å²) in [5.74, 6) is 2.02. The van der Waals surface area contributed by atoms with Crippen LogP contribution in [0.4, 0.5) is 0 Å². The van der Waals surface area contributed by atoms with Crippen LogP contribution in [0.15, 0.2) is 29.2 Å². The van der Waals surface area contributed by atoms with Crippen molar-refractivity contribution in [3.63, 3.8) is 0 Å². The smallest absolute Gasteiger partial charge is 0.0107 e. The average Bonchev–Trinajstić information content (AvgIpc) is 2.62. The van der Waals surface area contributed by atoms with Gasteiger partial charge in [-0.1, -0.05) is 32.0 Å². The molecule has 1 N–H and O–H groups in total. The molecule has 0 saturated heterocycles. The number of thioether (sulfide) groups is 1. The number of nitrogens with one attached hydrogen (secondary N) is 1. The molecule has 1 aliphatic rings. The minimum atomic E-state index is 0.606. The van der Waals surface area contributed by atoms with Crippen LogP contribution in [0.5, 0.6) is 0 Å². The first kappa shape index (κ1) is 11.0. The molecular weight excluding hydrogens is 202 g/mol. The second-order valence-corrected chi connectivity index (χ2v) is 5.51. The third-order valence-corrected chi connectivity index (χ3v) is 4.10. The highest BCUT2D eigenvalue weighted by molar-refractivity contribution is 7.99. The van der Waals surface area contributed by atoms with Gasteiger partial charge in [-0.3, -0.25) is 0 Å². The number of rotatable bonds is 4. The van der Waals surface area contributed by atoms with Crippen molar-refractivity contribution < 1.29 is 0 Å². The molecule has 1 atom stereocenters. The molecule has 82 valence electrons. The van der Waals surface area contributed by atoms with Crippen molar-refractivity contribution in [1.82, 2.24) is 5.32 Å². The first-order valence-corrected chi connectivity index (χ1v) is 6.71. The van der Waals surface area contributed by atoms with E-state index in [1.54, 1.807) is 5.56 Å². The summed E-state index contributed by atoms with van der Waals surface area (Å²) in [5.41, 5.74) is 1.56. The Bertz CT molecular complexity index is 322. The Balaban J connectivity index is 1.90. The van der Waals surface area contributed by atoms with Crippen molar-refractivity contribution in [2.45, 2.75) is 37.1 Å². The maximum Gasteiger partial charge on any atom is 0.0107 e. The van der Waals surface area contributed by atoms with Gasteiger partial charge in [-0.25, -0.2) is 0 Å². The molecule has 0 radical (unpaired) electrons. The van der Waals surface area contributed by atoms with Crippen LogP contribution in [0.1, 0.15) is 31.7 Å². The van der Waals surface area contributed by atoms with E-state index in [-0.39, 0.29) is 0 Å². The SMILES string of the molecule is CC(C)NCCC1CSc2ccccc21. The first-order chi connectivity index (χ1) is 7.27. The van der Waals surface area contributed by atoms with E-state index in [1.807, 2.05) is 11.8 Å². The van der Waals surface area contributed by atoms with E-state index in [0.717, 1.165) is 12.5 Å². The summed E-state index contributed by atoms with van der Waals surface area (Å²) in [6, 6.07) is 9.44. The molecule has 0 aromatic heterocycles. The highest BCUT2D eigenvalue weighted by Gasteiger charge is 2.21. The van der Waals surface area contributed by atoms with Crippen LogP contribution >= 0.6 is 11.8 Å². The molecule has 2 rings (SSSR count). The Morgan fingerprint density at radius 1 is 1.40 bits per heavy atom. The number of hydrogen-bond donors (Lipinski definition) is 1. The van der Waals surface area contributed by atoms with Crippen LogP contribution in [-0.2, 0) is 0 Å². The fourth-order valence-electron chi connectivity index (χ4n) is 2.01. The Morgan fingerprint density at radius 2 is 2.20 bits per heavy atom. The van der Waals surface area contributed by atoms with Crippen molar-refractivity contribution in [1.29, 1.82) is 0 Å². The summed E-state index contributed by atoms with van der Waals surface area (Å²) >= 11 is 2.01. The zero-order valence-corrected chi connectivity index (χ0v) is 10.3. The van der Waals surface area contributed by atoms with Crippen LogP contribution < -0.4 is 5.32 Å². The van der Waals surface area contributed by atoms with Gasteiger partial charge in [0.15, 0.2) is 0 Å². The lowest BCUT2D eigenvalue weighted by atomic mass is 9.98. The van der Waals surface area contributed by atoms with Gasteiger partial charge in [-0.15, -0.1) is 11.8 Å². The Kier molecular flexibility index (Phi) is 3.71. The minimum Gasteiger partial charge on any atom is -0.315 e. The second kappa shape index (κ2) is 5.04. The first-order valence-electron chi connectivity index (χ1n) is 5.72. The summed E-state index contributed by atoms with van der Waals surface area (Å²) in [6.07, 6.45) is 1.27. The molecule has 0 amide bonds. The molecule has 1 aliphatic heterocycles. The average molecular weight is 221 g/mol. The molecular formula is C13H19NS. The van der Waals surface area contributed by atoms with Crippen LogP contribution in [0.2, 0.25) is 0 Å². The lowest BCUT2D eigenvalue weighted by Gasteiger charge is -2.13. The quantitative estimate of drug-likeness (QED) is 0.837. The summed E-state index contributed by atoms with van der Waals surface area (Å²) in [5, 5.41) is 3.49. The molecule has 0 fully saturated rings. The number of benzene rings is 1. The van der Waals surface area contributed by atoms with E-state index in [2.05, 4.69) is 43.4 Å². The molecule has 1 aromatic rings. The van der Waals surface area contributed by atoms with Crippen molar-refractivity contribution in [3.8, 4) is 0 Å². The van der Waals surface area contributed by atoms with Gasteiger partial charge in [0.1, 0.15) is 0 Å². The zero-order chi connectivity index (χ0) is 10.7. The van der Waals surface area contributed by atoms with E-state index < -0.39 is 0 Å². The standard InChI is InChI=1S/C13H19NS/c1-10(2)14-8-7-11-9-15-13-6-4-3-5-12(11)13/h3-6,10-11,14H,7-9H2,1-2H3. The van der Waals surface area contributed by atoms with Gasteiger partial charge in [0.2, 0.25) is 0 Å². The van der Waals surface area contributed by atoms with Crippen molar-refractivity contribution in [2.24, 2.45) is 0 Å². The van der Waals surface area contributed by atoms with Crippen LogP contribution in [0.3, 0.4) is 0 Å². The van der Waals surface area contributed by atoms with E-state index in [1.165, 1.54) is 17.1 Å². The summed E-state index contributed by atoms with van der Waals surface area (Å²) < 4.78 is 0. The minimum absolute atomic E-state index is 0.606. The van der Waals surface area contributed by atoms with E-state index in [0.29, 0.717) is 6.04 Å². The van der Waals surface area contributed by atoms with E-state index in [4.69, 9.17) is 0 Å². The van der Waals surface area contributed by atoms with Gasteiger partial charge in [-0.05, 0) is 30.5 Å². The van der Waals surface area contributed by atoms with Crippen LogP contribution in [0, 0.1) is 0 Å². The molecule has 0 bridgehead atoms. The van der Waals surface area contributed by atoms with E-state index >= 15 is 0 Å². The molecule has 2 heteroatoms. The molecule has 0 saturated carbocycles. The summed E-state index contributed by atoms with van der Waals surface area (Å²) in [6.45, 7) is 5.55. The van der Waals surface area contributed by atoms with Crippen LogP contribution in [-0.4, -0.2) is 18.3 Å². The second-order valence-electron chi connectivity index (χ2n) is 4.44. The maximum atomic E-state index is 3.49. The third-order valence-electron chi connectivity index (χ3n) is 2.84. The fraction of sp³-hybridized carbons (Fsp3) is 0.538. The van der Waals surface area contributed by atoms with Crippen molar-refractivity contribution >= 4 is 11.8 Å². The zero-order valence-electron chi connectivity index (χ0n) is 9.49. The Morgan fingerprint density at radius 3 is 3.00 bits per heavy atom. The van der Waals surface area contributed by atoms with Crippen molar-refractivity contribution in [3.05, 3.63) is 29.8 Å². The topological polar surface area (TPSA) is 12.0 Å². The maximum absolute atomic E-state index is 3.49. The van der Waals surface area contributed by atoms with Gasteiger partial charge in [0, 0.05) is 16.7 Å².